The fraction of sp³-hybridized carbons (Fsp3) is 0.688. The Morgan fingerprint density at radius 1 is 0.561 bits per heavy atom. The molecule has 0 aromatic heterocycles. The zero-order valence-electron chi connectivity index (χ0n) is 37.0. The molecule has 0 aliphatic rings. The van der Waals surface area contributed by atoms with Gasteiger partial charge in [-0.2, -0.15) is 0 Å². The van der Waals surface area contributed by atoms with Crippen LogP contribution in [0.5, 0.6) is 0 Å². The minimum Gasteiger partial charge on any atom is -0.756 e. The van der Waals surface area contributed by atoms with E-state index < -0.39 is 13.9 Å². The number of carbonyl (C=O) groups is 1. The second kappa shape index (κ2) is 40.5. The second-order valence-corrected chi connectivity index (χ2v) is 17.1. The van der Waals surface area contributed by atoms with Crippen molar-refractivity contribution in [2.24, 2.45) is 0 Å². The van der Waals surface area contributed by atoms with E-state index in [9.17, 15) is 14.3 Å². The summed E-state index contributed by atoms with van der Waals surface area (Å²) in [6.45, 7) is 5.16. The normalized spacial score (nSPS) is 14.6. The van der Waals surface area contributed by atoms with Gasteiger partial charge >= 0.3 is 5.97 Å². The number of hydrogen-bond donors (Lipinski definition) is 0. The van der Waals surface area contributed by atoms with Crippen molar-refractivity contribution in [3.63, 3.8) is 0 Å². The third-order valence-corrected chi connectivity index (χ3v) is 9.89. The van der Waals surface area contributed by atoms with Crippen molar-refractivity contribution in [2.75, 3.05) is 54.1 Å². The largest absolute Gasteiger partial charge is 0.756 e. The number of nitrogens with zero attached hydrogens (tertiary/aromatic N) is 1. The van der Waals surface area contributed by atoms with Gasteiger partial charge in [-0.15, -0.1) is 0 Å². The summed E-state index contributed by atoms with van der Waals surface area (Å²) in [5, 5.41) is 0. The van der Waals surface area contributed by atoms with E-state index in [1.807, 2.05) is 21.1 Å². The van der Waals surface area contributed by atoms with Crippen molar-refractivity contribution >= 4 is 13.8 Å². The number of quaternary nitrogens is 1. The molecule has 0 spiro atoms. The number of esters is 1. The first-order valence-electron chi connectivity index (χ1n) is 22.3. The van der Waals surface area contributed by atoms with Crippen LogP contribution in [0.25, 0.3) is 0 Å². The van der Waals surface area contributed by atoms with Crippen LogP contribution >= 0.6 is 7.82 Å². The molecule has 8 nitrogen and oxygen atoms in total. The van der Waals surface area contributed by atoms with Crippen LogP contribution in [0.3, 0.4) is 0 Å². The molecule has 2 atom stereocenters. The van der Waals surface area contributed by atoms with E-state index in [1.165, 1.54) is 25.7 Å². The Bertz CT molecular complexity index is 1180. The predicted molar refractivity (Wildman–Crippen MR) is 240 cm³/mol. The highest BCUT2D eigenvalue weighted by Crippen LogP contribution is 2.38. The molecule has 2 unspecified atom stereocenters. The highest BCUT2D eigenvalue weighted by Gasteiger charge is 2.20. The second-order valence-electron chi connectivity index (χ2n) is 15.7. The minimum atomic E-state index is -4.54. The molecule has 0 aromatic rings. The molecular formula is C48H84NO7P. The van der Waals surface area contributed by atoms with Crippen LogP contribution in [0.15, 0.2) is 85.1 Å². The third kappa shape index (κ3) is 44.6. The van der Waals surface area contributed by atoms with Gasteiger partial charge in [0.25, 0.3) is 7.82 Å². The Labute approximate surface area is 350 Å². The number of rotatable bonds is 40. The van der Waals surface area contributed by atoms with Crippen molar-refractivity contribution in [3.8, 4) is 0 Å². The lowest BCUT2D eigenvalue weighted by Gasteiger charge is -2.28. The summed E-state index contributed by atoms with van der Waals surface area (Å²) in [6, 6.07) is 0. The number of carbonyl (C=O) groups excluding carboxylic acids is 1. The maximum Gasteiger partial charge on any atom is 0.306 e. The van der Waals surface area contributed by atoms with E-state index in [2.05, 4.69) is 98.9 Å². The quantitative estimate of drug-likeness (QED) is 0.0200. The molecule has 0 aliphatic heterocycles. The maximum atomic E-state index is 12.7. The van der Waals surface area contributed by atoms with Gasteiger partial charge in [-0.05, 0) is 89.9 Å². The van der Waals surface area contributed by atoms with E-state index in [1.54, 1.807) is 0 Å². The molecule has 328 valence electrons. The fourth-order valence-corrected chi connectivity index (χ4v) is 6.21. The van der Waals surface area contributed by atoms with Gasteiger partial charge in [0, 0.05) is 13.0 Å². The molecule has 0 radical (unpaired) electrons. The van der Waals surface area contributed by atoms with Crippen LogP contribution in [0.1, 0.15) is 155 Å². The molecule has 0 amide bonds. The number of likely N-dealkylation sites (N-methyl/N-ethyl adjacent to an activating group) is 1. The average molecular weight is 818 g/mol. The van der Waals surface area contributed by atoms with E-state index in [4.69, 9.17) is 18.5 Å². The lowest BCUT2D eigenvalue weighted by molar-refractivity contribution is -0.870. The summed E-state index contributed by atoms with van der Waals surface area (Å²) >= 11 is 0. The van der Waals surface area contributed by atoms with Gasteiger partial charge in [-0.25, -0.2) is 0 Å². The monoisotopic (exact) mass is 818 g/mol. The van der Waals surface area contributed by atoms with Crippen molar-refractivity contribution in [2.45, 2.75) is 161 Å². The van der Waals surface area contributed by atoms with Crippen molar-refractivity contribution < 1.29 is 37.3 Å². The topological polar surface area (TPSA) is 94.1 Å². The van der Waals surface area contributed by atoms with E-state index >= 15 is 0 Å². The smallest absolute Gasteiger partial charge is 0.306 e. The van der Waals surface area contributed by atoms with Crippen LogP contribution < -0.4 is 4.89 Å². The Balaban J connectivity index is 4.33. The molecule has 0 N–H and O–H groups in total. The molecule has 57 heavy (non-hydrogen) atoms. The zero-order valence-corrected chi connectivity index (χ0v) is 37.9. The molecule has 0 aromatic carbocycles. The molecule has 9 heteroatoms. The first kappa shape index (κ1) is 54.7. The fourth-order valence-electron chi connectivity index (χ4n) is 5.48. The molecule has 0 bridgehead atoms. The third-order valence-electron chi connectivity index (χ3n) is 8.93. The van der Waals surface area contributed by atoms with Gasteiger partial charge < -0.3 is 27.9 Å². The van der Waals surface area contributed by atoms with Gasteiger partial charge in [-0.1, -0.05) is 144 Å². The van der Waals surface area contributed by atoms with E-state index in [0.29, 0.717) is 17.6 Å². The summed E-state index contributed by atoms with van der Waals surface area (Å²) in [6.07, 6.45) is 53.1. The summed E-state index contributed by atoms with van der Waals surface area (Å²) < 4.78 is 34.6. The molecule has 0 saturated carbocycles. The zero-order chi connectivity index (χ0) is 42.0. The number of hydrogen-bond acceptors (Lipinski definition) is 7. The minimum absolute atomic E-state index is 0.0130. The maximum absolute atomic E-state index is 12.7. The first-order chi connectivity index (χ1) is 27.6. The molecule has 0 fully saturated rings. The Kier molecular flexibility index (Phi) is 38.8. The Morgan fingerprint density at radius 3 is 1.53 bits per heavy atom. The Morgan fingerprint density at radius 2 is 1.02 bits per heavy atom. The summed E-state index contributed by atoms with van der Waals surface area (Å²) in [7, 11) is 1.31. The number of phosphoric ester groups is 1. The van der Waals surface area contributed by atoms with Crippen molar-refractivity contribution in [1.82, 2.24) is 0 Å². The number of phosphoric acid groups is 1. The first-order valence-corrected chi connectivity index (χ1v) is 23.8. The molecular weight excluding hydrogens is 734 g/mol. The van der Waals surface area contributed by atoms with Crippen LogP contribution in [0, 0.1) is 0 Å². The number of unbranched alkanes of at least 4 members (excludes halogenated alkanes) is 12. The van der Waals surface area contributed by atoms with Crippen molar-refractivity contribution in [1.29, 1.82) is 0 Å². The highest BCUT2D eigenvalue weighted by molar-refractivity contribution is 7.45. The van der Waals surface area contributed by atoms with Gasteiger partial charge in [0.05, 0.1) is 34.4 Å². The number of ether oxygens (including phenoxy) is 2. The lowest BCUT2D eigenvalue weighted by Crippen LogP contribution is -2.37. The van der Waals surface area contributed by atoms with Gasteiger partial charge in [0.2, 0.25) is 0 Å². The van der Waals surface area contributed by atoms with Crippen molar-refractivity contribution in [3.05, 3.63) is 85.1 Å². The van der Waals surface area contributed by atoms with Crippen LogP contribution in [0.4, 0.5) is 0 Å². The van der Waals surface area contributed by atoms with Crippen LogP contribution in [0.2, 0.25) is 0 Å². The highest BCUT2D eigenvalue weighted by atomic mass is 31.2. The Hall–Kier alpha value is -2.32. The SMILES string of the molecule is CC/C=C\C/C=C\C/C=C\C/C=C\C/C=C\CCCCCCOCC(COP(=O)([O-])OCC[N+](C)(C)C)OC(=O)CCCCCCC/C=C\C/C=C\CCCCC. The summed E-state index contributed by atoms with van der Waals surface area (Å²) in [4.78, 5) is 25.1. The van der Waals surface area contributed by atoms with E-state index in [0.717, 1.165) is 109 Å². The average Bonchev–Trinajstić information content (AvgIpc) is 3.16. The summed E-state index contributed by atoms with van der Waals surface area (Å²) in [5.74, 6) is -0.361. The van der Waals surface area contributed by atoms with Crippen LogP contribution in [-0.2, 0) is 27.9 Å². The standard InChI is InChI=1S/C48H84NO7P/c1-6-8-10-12-14-16-18-20-22-23-24-25-26-28-30-32-34-36-38-40-43-53-45-47(46-55-57(51,52)54-44-42-49(3,4)5)56-48(50)41-39-37-35-33-31-29-27-21-19-17-15-13-11-9-7-2/h8,10,14-17,20-22,24-25,27-28,30,47H,6-7,9,11-13,18-19,23,26,29,31-46H2,1-5H3/b10-8-,16-14-,17-15-,22-20-,25-24-,27-21-,30-28-. The molecule has 0 rings (SSSR count). The van der Waals surface area contributed by atoms with Gasteiger partial charge in [0.15, 0.2) is 0 Å². The molecule has 0 saturated heterocycles. The number of allylic oxidation sites excluding steroid dienone is 14. The predicted octanol–water partition coefficient (Wildman–Crippen LogP) is 12.6. The van der Waals surface area contributed by atoms with Crippen LogP contribution in [-0.4, -0.2) is 70.7 Å². The van der Waals surface area contributed by atoms with Gasteiger partial charge in [-0.3, -0.25) is 9.36 Å². The van der Waals surface area contributed by atoms with E-state index in [-0.39, 0.29) is 32.2 Å². The molecule has 0 heterocycles. The molecule has 0 aliphatic carbocycles. The lowest BCUT2D eigenvalue weighted by atomic mass is 10.1. The summed E-state index contributed by atoms with van der Waals surface area (Å²) in [5.41, 5.74) is 0. The van der Waals surface area contributed by atoms with Gasteiger partial charge in [0.1, 0.15) is 19.3 Å².